The number of aromatic nitrogens is 2. The Morgan fingerprint density at radius 1 is 1.41 bits per heavy atom. The Balaban J connectivity index is 2.05. The minimum atomic E-state index is -2.59. The van der Waals surface area contributed by atoms with Crippen LogP contribution in [0.3, 0.4) is 0 Å². The van der Waals surface area contributed by atoms with Crippen LogP contribution in [0.2, 0.25) is 0 Å². The minimum Gasteiger partial charge on any atom is -0.486 e. The first-order valence-corrected chi connectivity index (χ1v) is 5.93. The number of ether oxygens (including phenoxy) is 1. The molecule has 0 N–H and O–H groups in total. The molecule has 1 aromatic carbocycles. The minimum absolute atomic E-state index is 0.0252. The summed E-state index contributed by atoms with van der Waals surface area (Å²) in [6.07, 6.45) is 2.57. The first-order valence-electron chi connectivity index (χ1n) is 4.85. The van der Waals surface area contributed by atoms with Crippen LogP contribution in [0.4, 0.5) is 8.78 Å². The third-order valence-electron chi connectivity index (χ3n) is 2.12. The number of benzene rings is 1. The zero-order valence-corrected chi connectivity index (χ0v) is 10.8. The van der Waals surface area contributed by atoms with Gasteiger partial charge < -0.3 is 4.74 Å². The molecule has 0 aliphatic heterocycles. The number of imidazole rings is 1. The summed E-state index contributed by atoms with van der Waals surface area (Å²) in [5.74, 6) is 0.847. The van der Waals surface area contributed by atoms with Crippen molar-refractivity contribution in [3.63, 3.8) is 0 Å². The average Bonchev–Trinajstić information content (AvgIpc) is 2.74. The molecule has 1 aromatic heterocycles. The Hall–Kier alpha value is -1.18. The number of hydrogen-bond donors (Lipinski definition) is 0. The highest BCUT2D eigenvalue weighted by Gasteiger charge is 2.11. The van der Waals surface area contributed by atoms with E-state index in [1.807, 2.05) is 18.2 Å². The quantitative estimate of drug-likeness (QED) is 0.790. The second-order valence-corrected chi connectivity index (χ2v) is 4.52. The smallest absolute Gasteiger partial charge is 0.320 e. The number of halogens is 3. The Kier molecular flexibility index (Phi) is 3.93. The highest BCUT2D eigenvalue weighted by atomic mass is 127. The summed E-state index contributed by atoms with van der Waals surface area (Å²) in [6, 6.07) is 7.37. The molecule has 0 unspecified atom stereocenters. The molecule has 0 aliphatic carbocycles. The molecule has 0 bridgehead atoms. The van der Waals surface area contributed by atoms with Gasteiger partial charge in [0.15, 0.2) is 5.82 Å². The van der Waals surface area contributed by atoms with Crippen molar-refractivity contribution in [3.05, 3.63) is 46.1 Å². The third-order valence-corrected chi connectivity index (χ3v) is 2.79. The average molecular weight is 350 g/mol. The molecule has 0 aliphatic rings. The van der Waals surface area contributed by atoms with Crippen LogP contribution < -0.4 is 4.74 Å². The van der Waals surface area contributed by atoms with E-state index in [9.17, 15) is 8.78 Å². The van der Waals surface area contributed by atoms with Crippen molar-refractivity contribution >= 4 is 22.6 Å². The lowest BCUT2D eigenvalue weighted by Crippen LogP contribution is -2.07. The van der Waals surface area contributed by atoms with Crippen LogP contribution in [0.1, 0.15) is 12.4 Å². The van der Waals surface area contributed by atoms with Crippen LogP contribution in [0, 0.1) is 3.57 Å². The number of alkyl halides is 2. The van der Waals surface area contributed by atoms with Crippen molar-refractivity contribution < 1.29 is 13.5 Å². The molecule has 17 heavy (non-hydrogen) atoms. The van der Waals surface area contributed by atoms with E-state index in [-0.39, 0.29) is 12.4 Å². The van der Waals surface area contributed by atoms with Crippen molar-refractivity contribution in [3.8, 4) is 5.75 Å². The molecule has 0 spiro atoms. The van der Waals surface area contributed by atoms with E-state index in [1.165, 1.54) is 12.4 Å². The maximum absolute atomic E-state index is 12.5. The summed E-state index contributed by atoms with van der Waals surface area (Å²) in [4.78, 5) is 3.83. The monoisotopic (exact) mass is 350 g/mol. The van der Waals surface area contributed by atoms with Crippen molar-refractivity contribution in [2.45, 2.75) is 13.2 Å². The SMILES string of the molecule is FC(F)n1ccnc1COc1cccc(I)c1. The standard InChI is InChI=1S/C11H9F2IN2O/c12-11(13)16-5-4-15-10(16)7-17-9-3-1-2-8(14)6-9/h1-6,11H,7H2. The van der Waals surface area contributed by atoms with Crippen molar-refractivity contribution in [2.75, 3.05) is 0 Å². The predicted octanol–water partition coefficient (Wildman–Crippen LogP) is 3.46. The lowest BCUT2D eigenvalue weighted by molar-refractivity contribution is 0.0632. The number of rotatable bonds is 4. The van der Waals surface area contributed by atoms with Crippen LogP contribution in [0.25, 0.3) is 0 Å². The second kappa shape index (κ2) is 5.44. The van der Waals surface area contributed by atoms with Gasteiger partial charge in [0.25, 0.3) is 0 Å². The van der Waals surface area contributed by atoms with E-state index < -0.39 is 6.55 Å². The third kappa shape index (κ3) is 3.15. The topological polar surface area (TPSA) is 27.1 Å². The van der Waals surface area contributed by atoms with Gasteiger partial charge in [-0.3, -0.25) is 4.57 Å². The van der Waals surface area contributed by atoms with Gasteiger partial charge in [0, 0.05) is 16.0 Å². The molecular formula is C11H9F2IN2O. The molecule has 0 saturated heterocycles. The predicted molar refractivity (Wildman–Crippen MR) is 67.0 cm³/mol. The first kappa shape index (κ1) is 12.3. The van der Waals surface area contributed by atoms with Crippen LogP contribution in [-0.2, 0) is 6.61 Å². The summed E-state index contributed by atoms with van der Waals surface area (Å²) < 4.78 is 32.2. The van der Waals surface area contributed by atoms with E-state index in [0.717, 1.165) is 8.14 Å². The molecule has 0 radical (unpaired) electrons. The Labute approximate surface area is 111 Å². The summed E-state index contributed by atoms with van der Waals surface area (Å²) in [5, 5.41) is 0. The highest BCUT2D eigenvalue weighted by molar-refractivity contribution is 14.1. The van der Waals surface area contributed by atoms with Gasteiger partial charge in [-0.2, -0.15) is 8.78 Å². The van der Waals surface area contributed by atoms with E-state index in [1.54, 1.807) is 6.07 Å². The van der Waals surface area contributed by atoms with Gasteiger partial charge in [-0.05, 0) is 40.8 Å². The number of nitrogens with zero attached hydrogens (tertiary/aromatic N) is 2. The van der Waals surface area contributed by atoms with Gasteiger partial charge in [-0.1, -0.05) is 6.07 Å². The van der Waals surface area contributed by atoms with Gasteiger partial charge in [-0.25, -0.2) is 4.98 Å². The molecular weight excluding hydrogens is 341 g/mol. The fraction of sp³-hybridized carbons (Fsp3) is 0.182. The molecule has 2 aromatic rings. The van der Waals surface area contributed by atoms with Crippen LogP contribution in [0.15, 0.2) is 36.7 Å². The van der Waals surface area contributed by atoms with Crippen molar-refractivity contribution in [1.82, 2.24) is 9.55 Å². The molecule has 0 fully saturated rings. The summed E-state index contributed by atoms with van der Waals surface area (Å²) in [7, 11) is 0. The van der Waals surface area contributed by atoms with Crippen molar-refractivity contribution in [2.24, 2.45) is 0 Å². The fourth-order valence-corrected chi connectivity index (χ4v) is 1.85. The number of hydrogen-bond acceptors (Lipinski definition) is 2. The van der Waals surface area contributed by atoms with Gasteiger partial charge in [0.05, 0.1) is 0 Å². The Morgan fingerprint density at radius 2 is 2.24 bits per heavy atom. The van der Waals surface area contributed by atoms with Gasteiger partial charge in [-0.15, -0.1) is 0 Å². The fourth-order valence-electron chi connectivity index (χ4n) is 1.34. The van der Waals surface area contributed by atoms with Gasteiger partial charge in [0.2, 0.25) is 0 Å². The molecule has 90 valence electrons. The normalized spacial score (nSPS) is 10.8. The van der Waals surface area contributed by atoms with E-state index in [2.05, 4.69) is 27.6 Å². The maximum atomic E-state index is 12.5. The molecule has 2 rings (SSSR count). The zero-order valence-electron chi connectivity index (χ0n) is 8.69. The molecule has 0 atom stereocenters. The van der Waals surface area contributed by atoms with Gasteiger partial charge >= 0.3 is 6.55 Å². The molecule has 0 saturated carbocycles. The highest BCUT2D eigenvalue weighted by Crippen LogP contribution is 2.17. The lowest BCUT2D eigenvalue weighted by Gasteiger charge is -2.08. The van der Waals surface area contributed by atoms with E-state index in [0.29, 0.717) is 5.75 Å². The van der Waals surface area contributed by atoms with E-state index in [4.69, 9.17) is 4.74 Å². The summed E-state index contributed by atoms with van der Waals surface area (Å²) in [5.41, 5.74) is 0. The van der Waals surface area contributed by atoms with E-state index >= 15 is 0 Å². The molecule has 0 amide bonds. The maximum Gasteiger partial charge on any atom is 0.320 e. The first-order chi connectivity index (χ1) is 8.16. The van der Waals surface area contributed by atoms with Crippen LogP contribution in [0.5, 0.6) is 5.75 Å². The molecule has 6 heteroatoms. The Morgan fingerprint density at radius 3 is 2.94 bits per heavy atom. The lowest BCUT2D eigenvalue weighted by atomic mass is 10.3. The second-order valence-electron chi connectivity index (χ2n) is 3.27. The van der Waals surface area contributed by atoms with Gasteiger partial charge in [0.1, 0.15) is 12.4 Å². The zero-order chi connectivity index (χ0) is 12.3. The molecule has 1 heterocycles. The summed E-state index contributed by atoms with van der Waals surface area (Å²) >= 11 is 2.16. The molecule has 3 nitrogen and oxygen atoms in total. The van der Waals surface area contributed by atoms with Crippen molar-refractivity contribution in [1.29, 1.82) is 0 Å². The Bertz CT molecular complexity index is 502. The van der Waals surface area contributed by atoms with Crippen LogP contribution >= 0.6 is 22.6 Å². The largest absolute Gasteiger partial charge is 0.486 e. The summed E-state index contributed by atoms with van der Waals surface area (Å²) in [6.45, 7) is -2.57. The van der Waals surface area contributed by atoms with Crippen LogP contribution in [-0.4, -0.2) is 9.55 Å².